The summed E-state index contributed by atoms with van der Waals surface area (Å²) < 4.78 is 6.47. The SMILES string of the molecule is Cl.Cl.O=C(CNC(=O)c1ccncc1)N[C@@H]1CC[C@@]2(O)[C@H]3Cc4ccc(O)c5c4[C@@]2(CCN3CC2CC2)[C@H]1O5. The zero-order valence-electron chi connectivity index (χ0n) is 21.5. The number of nitrogens with zero attached hydrogens (tertiary/aromatic N) is 2. The third kappa shape index (κ3) is 4.17. The first-order valence-electron chi connectivity index (χ1n) is 13.4. The van der Waals surface area contributed by atoms with Gasteiger partial charge in [0.1, 0.15) is 6.10 Å². The fourth-order valence-electron chi connectivity index (χ4n) is 7.65. The molecule has 3 heterocycles. The third-order valence-electron chi connectivity index (χ3n) is 9.46. The van der Waals surface area contributed by atoms with E-state index in [1.807, 2.05) is 6.07 Å². The van der Waals surface area contributed by atoms with Gasteiger partial charge in [-0.3, -0.25) is 19.5 Å². The molecule has 2 saturated carbocycles. The Morgan fingerprint density at radius 3 is 2.62 bits per heavy atom. The van der Waals surface area contributed by atoms with Crippen LogP contribution in [-0.4, -0.2) is 75.3 Å². The number of amides is 2. The van der Waals surface area contributed by atoms with Gasteiger partial charge in [0.05, 0.1) is 23.6 Å². The standard InChI is InChI=1S/C28H32N4O5.2ClH/c33-20-4-3-18-13-21-28(36)8-5-19(31-22(34)14-30-26(35)17-6-10-29-11-7-17)25-27(28,23(18)24(20)37-25)9-12-32(21)15-16-1-2-16;;/h3-4,6-7,10-11,16,19,21,25,33,36H,1-2,5,8-9,12-15H2,(H,30,35)(H,31,34);2*1H/t19-,21-,25+,27+,28-;;/m1../s1. The molecule has 7 rings (SSSR count). The van der Waals surface area contributed by atoms with Gasteiger partial charge in [-0.2, -0.15) is 0 Å². The van der Waals surface area contributed by atoms with E-state index >= 15 is 0 Å². The number of phenolic OH excluding ortho intramolecular Hbond substituents is 1. The average molecular weight is 578 g/mol. The Bertz CT molecular complexity index is 1280. The normalized spacial score (nSPS) is 31.6. The summed E-state index contributed by atoms with van der Waals surface area (Å²) in [6.45, 7) is 1.72. The Morgan fingerprint density at radius 2 is 1.87 bits per heavy atom. The van der Waals surface area contributed by atoms with Crippen molar-refractivity contribution < 1.29 is 24.5 Å². The van der Waals surface area contributed by atoms with E-state index in [1.54, 1.807) is 18.2 Å². The highest BCUT2D eigenvalue weighted by Crippen LogP contribution is 2.65. The molecule has 9 nitrogen and oxygen atoms in total. The van der Waals surface area contributed by atoms with Crippen molar-refractivity contribution in [3.63, 3.8) is 0 Å². The Kier molecular flexibility index (Phi) is 7.24. The first-order valence-corrected chi connectivity index (χ1v) is 13.4. The van der Waals surface area contributed by atoms with Crippen molar-refractivity contribution in [3.8, 4) is 11.5 Å². The topological polar surface area (TPSA) is 124 Å². The fraction of sp³-hybridized carbons (Fsp3) is 0.536. The first-order chi connectivity index (χ1) is 17.9. The molecule has 2 aromatic rings. The maximum atomic E-state index is 13.0. The van der Waals surface area contributed by atoms with Crippen molar-refractivity contribution in [1.29, 1.82) is 0 Å². The van der Waals surface area contributed by atoms with Gasteiger partial charge in [-0.15, -0.1) is 24.8 Å². The van der Waals surface area contributed by atoms with Gasteiger partial charge < -0.3 is 25.6 Å². The molecule has 2 bridgehead atoms. The lowest BCUT2D eigenvalue weighted by Gasteiger charge is -2.64. The molecule has 3 aliphatic carbocycles. The molecular weight excluding hydrogens is 543 g/mol. The van der Waals surface area contributed by atoms with Gasteiger partial charge >= 0.3 is 0 Å². The number of halogens is 2. The Hall–Kier alpha value is -2.59. The van der Waals surface area contributed by atoms with E-state index in [0.29, 0.717) is 30.6 Å². The van der Waals surface area contributed by atoms with Crippen LogP contribution in [0.5, 0.6) is 11.5 Å². The summed E-state index contributed by atoms with van der Waals surface area (Å²) in [4.78, 5) is 31.7. The minimum atomic E-state index is -0.992. The summed E-state index contributed by atoms with van der Waals surface area (Å²) in [6, 6.07) is 6.50. The molecule has 3 fully saturated rings. The van der Waals surface area contributed by atoms with Crippen LogP contribution in [-0.2, 0) is 16.6 Å². The summed E-state index contributed by atoms with van der Waals surface area (Å²) in [5.74, 6) is 0.617. The number of carbonyl (C=O) groups is 2. The third-order valence-corrected chi connectivity index (χ3v) is 9.46. The molecule has 1 spiro atoms. The zero-order chi connectivity index (χ0) is 25.4. The molecule has 4 N–H and O–H groups in total. The lowest BCUT2D eigenvalue weighted by molar-refractivity contribution is -0.192. The van der Waals surface area contributed by atoms with E-state index < -0.39 is 17.1 Å². The van der Waals surface area contributed by atoms with Gasteiger partial charge in [-0.1, -0.05) is 6.07 Å². The summed E-state index contributed by atoms with van der Waals surface area (Å²) in [5, 5.41) is 29.0. The number of rotatable bonds is 6. The average Bonchev–Trinajstić information content (AvgIpc) is 3.64. The number of carbonyl (C=O) groups excluding carboxylic acids is 2. The lowest BCUT2D eigenvalue weighted by Crippen LogP contribution is -2.78. The van der Waals surface area contributed by atoms with E-state index in [2.05, 4.69) is 20.5 Å². The number of aliphatic hydroxyl groups is 1. The van der Waals surface area contributed by atoms with Crippen molar-refractivity contribution in [2.24, 2.45) is 5.92 Å². The van der Waals surface area contributed by atoms with E-state index in [-0.39, 0.29) is 61.0 Å². The predicted molar refractivity (Wildman–Crippen MR) is 148 cm³/mol. The van der Waals surface area contributed by atoms with Crippen LogP contribution in [0.15, 0.2) is 36.7 Å². The first kappa shape index (κ1) is 28.0. The minimum Gasteiger partial charge on any atom is -0.504 e. The molecule has 0 unspecified atom stereocenters. The number of nitrogens with one attached hydrogen (secondary N) is 2. The van der Waals surface area contributed by atoms with Crippen molar-refractivity contribution in [1.82, 2.24) is 20.5 Å². The van der Waals surface area contributed by atoms with Crippen molar-refractivity contribution >= 4 is 36.6 Å². The Labute approximate surface area is 239 Å². The Morgan fingerprint density at radius 1 is 1.10 bits per heavy atom. The monoisotopic (exact) mass is 576 g/mol. The van der Waals surface area contributed by atoms with Gasteiger partial charge in [0.25, 0.3) is 5.91 Å². The van der Waals surface area contributed by atoms with Crippen molar-refractivity contribution in [2.45, 2.75) is 67.7 Å². The molecule has 1 aromatic carbocycles. The largest absolute Gasteiger partial charge is 0.504 e. The number of ether oxygens (including phenoxy) is 1. The number of phenols is 1. The number of hydrogen-bond acceptors (Lipinski definition) is 7. The summed E-state index contributed by atoms with van der Waals surface area (Å²) in [6.07, 6.45) is 7.66. The van der Waals surface area contributed by atoms with E-state index in [0.717, 1.165) is 36.6 Å². The zero-order valence-corrected chi connectivity index (χ0v) is 23.1. The van der Waals surface area contributed by atoms with E-state index in [1.165, 1.54) is 25.2 Å². The number of pyridine rings is 1. The highest BCUT2D eigenvalue weighted by Gasteiger charge is 2.73. The number of piperidine rings is 1. The molecule has 210 valence electrons. The molecule has 39 heavy (non-hydrogen) atoms. The molecular formula is C28H34Cl2N4O5. The number of hydrogen-bond donors (Lipinski definition) is 4. The van der Waals surface area contributed by atoms with E-state index in [9.17, 15) is 19.8 Å². The van der Waals surface area contributed by atoms with Crippen LogP contribution >= 0.6 is 24.8 Å². The van der Waals surface area contributed by atoms with Crippen LogP contribution in [0.1, 0.15) is 53.6 Å². The molecule has 5 aliphatic rings. The van der Waals surface area contributed by atoms with Gasteiger partial charge in [0.15, 0.2) is 11.5 Å². The number of aromatic nitrogens is 1. The molecule has 2 amide bonds. The second-order valence-corrected chi connectivity index (χ2v) is 11.4. The van der Waals surface area contributed by atoms with Gasteiger partial charge in [-0.05, 0) is 74.8 Å². The molecule has 5 atom stereocenters. The lowest BCUT2D eigenvalue weighted by atomic mass is 9.48. The van der Waals surface area contributed by atoms with Crippen LogP contribution in [0.4, 0.5) is 0 Å². The highest BCUT2D eigenvalue weighted by atomic mass is 35.5. The maximum absolute atomic E-state index is 13.0. The molecule has 0 radical (unpaired) electrons. The van der Waals surface area contributed by atoms with E-state index in [4.69, 9.17) is 4.74 Å². The maximum Gasteiger partial charge on any atom is 0.251 e. The second-order valence-electron chi connectivity index (χ2n) is 11.4. The summed E-state index contributed by atoms with van der Waals surface area (Å²) in [5.41, 5.74) is 0.825. The minimum absolute atomic E-state index is 0. The van der Waals surface area contributed by atoms with Crippen LogP contribution in [0.2, 0.25) is 0 Å². The predicted octanol–water partition coefficient (Wildman–Crippen LogP) is 2.11. The highest BCUT2D eigenvalue weighted by molar-refractivity contribution is 5.96. The number of likely N-dealkylation sites (tertiary alicyclic amines) is 1. The van der Waals surface area contributed by atoms with Crippen LogP contribution in [0.3, 0.4) is 0 Å². The van der Waals surface area contributed by atoms with Crippen LogP contribution < -0.4 is 15.4 Å². The van der Waals surface area contributed by atoms with Crippen molar-refractivity contribution in [3.05, 3.63) is 53.3 Å². The quantitative estimate of drug-likeness (QED) is 0.415. The number of benzene rings is 1. The summed E-state index contributed by atoms with van der Waals surface area (Å²) >= 11 is 0. The molecule has 2 aliphatic heterocycles. The van der Waals surface area contributed by atoms with Gasteiger partial charge in [0, 0.05) is 36.1 Å². The van der Waals surface area contributed by atoms with Crippen molar-refractivity contribution in [2.75, 3.05) is 19.6 Å². The second kappa shape index (κ2) is 10.1. The van der Waals surface area contributed by atoms with Crippen LogP contribution in [0, 0.1) is 5.92 Å². The summed E-state index contributed by atoms with van der Waals surface area (Å²) in [7, 11) is 0. The smallest absolute Gasteiger partial charge is 0.251 e. The number of aromatic hydroxyl groups is 1. The molecule has 1 saturated heterocycles. The Balaban J connectivity index is 0.00000154. The van der Waals surface area contributed by atoms with Gasteiger partial charge in [0.2, 0.25) is 5.91 Å². The fourth-order valence-corrected chi connectivity index (χ4v) is 7.65. The van der Waals surface area contributed by atoms with Gasteiger partial charge in [-0.25, -0.2) is 0 Å². The molecule has 11 heteroatoms. The molecule has 1 aromatic heterocycles. The van der Waals surface area contributed by atoms with Crippen LogP contribution in [0.25, 0.3) is 0 Å².